The molecular weight excluding hydrogens is 293 g/mol. The summed E-state index contributed by atoms with van der Waals surface area (Å²) < 4.78 is 6.38. The molecule has 0 spiro atoms. The summed E-state index contributed by atoms with van der Waals surface area (Å²) >= 11 is 2.19. The van der Waals surface area contributed by atoms with Gasteiger partial charge in [-0.2, -0.15) is 0 Å². The summed E-state index contributed by atoms with van der Waals surface area (Å²) in [5.74, 6) is 0. The van der Waals surface area contributed by atoms with Gasteiger partial charge in [0.25, 0.3) is 0 Å². The van der Waals surface area contributed by atoms with Gasteiger partial charge in [0.05, 0.1) is 28.5 Å². The Morgan fingerprint density at radius 3 is 3.14 bits per heavy atom. The summed E-state index contributed by atoms with van der Waals surface area (Å²) in [6, 6.07) is 0.186. The molecule has 2 rings (SSSR count). The highest BCUT2D eigenvalue weighted by molar-refractivity contribution is 14.1. The van der Waals surface area contributed by atoms with Crippen molar-refractivity contribution in [3.05, 3.63) is 21.5 Å². The number of anilines is 1. The van der Waals surface area contributed by atoms with E-state index in [1.54, 1.807) is 6.20 Å². The molecule has 14 heavy (non-hydrogen) atoms. The number of nitrogen functional groups attached to an aromatic ring is 1. The molecule has 0 saturated carbocycles. The van der Waals surface area contributed by atoms with Gasteiger partial charge in [0.1, 0.15) is 0 Å². The van der Waals surface area contributed by atoms with Crippen molar-refractivity contribution in [3.8, 4) is 0 Å². The first-order chi connectivity index (χ1) is 6.79. The second kappa shape index (κ2) is 4.41. The maximum Gasteiger partial charge on any atom is 0.0663 e. The Morgan fingerprint density at radius 1 is 1.57 bits per heavy atom. The zero-order valence-corrected chi connectivity index (χ0v) is 9.82. The van der Waals surface area contributed by atoms with Crippen LogP contribution < -0.4 is 11.1 Å². The number of nitrogens with zero attached hydrogens (tertiary/aromatic N) is 1. The number of aromatic nitrogens is 1. The van der Waals surface area contributed by atoms with Crippen molar-refractivity contribution in [2.24, 2.45) is 0 Å². The fourth-order valence-corrected chi connectivity index (χ4v) is 1.98. The van der Waals surface area contributed by atoms with E-state index < -0.39 is 0 Å². The summed E-state index contributed by atoms with van der Waals surface area (Å²) in [4.78, 5) is 4.14. The fraction of sp³-hybridized carbons (Fsp3) is 0.444. The number of nitrogens with two attached hydrogens (primary N) is 1. The fourth-order valence-electron chi connectivity index (χ4n) is 1.50. The van der Waals surface area contributed by atoms with Crippen LogP contribution in [0.15, 0.2) is 12.4 Å². The topological polar surface area (TPSA) is 60.2 Å². The normalized spacial score (nSPS) is 22.2. The first-order valence-corrected chi connectivity index (χ1v) is 5.57. The molecule has 0 radical (unpaired) electrons. The van der Waals surface area contributed by atoms with Crippen LogP contribution in [0.5, 0.6) is 0 Å². The molecule has 5 heteroatoms. The number of ether oxygens (including phenoxy) is 1. The number of halogens is 1. The summed E-state index contributed by atoms with van der Waals surface area (Å²) in [7, 11) is 0. The second-order valence-electron chi connectivity index (χ2n) is 3.21. The lowest BCUT2D eigenvalue weighted by Gasteiger charge is -2.25. The molecule has 3 N–H and O–H groups in total. The van der Waals surface area contributed by atoms with Gasteiger partial charge in [-0.05, 0) is 22.6 Å². The van der Waals surface area contributed by atoms with Crippen molar-refractivity contribution in [3.63, 3.8) is 0 Å². The Bertz CT molecular complexity index is 326. The highest BCUT2D eigenvalue weighted by Gasteiger charge is 2.18. The number of nitrogens with one attached hydrogen (secondary N) is 1. The van der Waals surface area contributed by atoms with Gasteiger partial charge < -0.3 is 15.8 Å². The molecule has 1 aliphatic rings. The standard InChI is InChI=1S/C9H12IN3O/c10-7-4-12-3-6(9(7)11)8-5-14-2-1-13-8/h3-4,8,13H,1-2,5H2,(H2,11,12). The smallest absolute Gasteiger partial charge is 0.0663 e. The van der Waals surface area contributed by atoms with Gasteiger partial charge in [0.15, 0.2) is 0 Å². The van der Waals surface area contributed by atoms with E-state index >= 15 is 0 Å². The average molecular weight is 305 g/mol. The Morgan fingerprint density at radius 2 is 2.43 bits per heavy atom. The molecule has 1 saturated heterocycles. The van der Waals surface area contributed by atoms with Crippen molar-refractivity contribution in [2.75, 3.05) is 25.5 Å². The summed E-state index contributed by atoms with van der Waals surface area (Å²) in [6.07, 6.45) is 3.58. The minimum Gasteiger partial charge on any atom is -0.398 e. The Kier molecular flexibility index (Phi) is 3.19. The van der Waals surface area contributed by atoms with Crippen LogP contribution in [0.2, 0.25) is 0 Å². The van der Waals surface area contributed by atoms with E-state index in [1.807, 2.05) is 6.20 Å². The lowest BCUT2D eigenvalue weighted by atomic mass is 10.1. The molecule has 1 unspecified atom stereocenters. The first kappa shape index (κ1) is 10.1. The third kappa shape index (κ3) is 1.99. The van der Waals surface area contributed by atoms with Gasteiger partial charge >= 0.3 is 0 Å². The second-order valence-corrected chi connectivity index (χ2v) is 4.37. The molecule has 0 amide bonds. The largest absolute Gasteiger partial charge is 0.398 e. The van der Waals surface area contributed by atoms with E-state index in [9.17, 15) is 0 Å². The van der Waals surface area contributed by atoms with Gasteiger partial charge in [-0.25, -0.2) is 0 Å². The van der Waals surface area contributed by atoms with Crippen molar-refractivity contribution < 1.29 is 4.74 Å². The SMILES string of the molecule is Nc1c(I)cncc1C1COCCN1. The van der Waals surface area contributed by atoms with Gasteiger partial charge in [-0.1, -0.05) is 0 Å². The predicted molar refractivity (Wildman–Crippen MR) is 62.9 cm³/mol. The van der Waals surface area contributed by atoms with Crippen LogP contribution in [0.1, 0.15) is 11.6 Å². The van der Waals surface area contributed by atoms with Crippen LogP contribution in [0.4, 0.5) is 5.69 Å². The monoisotopic (exact) mass is 305 g/mol. The highest BCUT2D eigenvalue weighted by atomic mass is 127. The third-order valence-electron chi connectivity index (χ3n) is 2.27. The minimum absolute atomic E-state index is 0.186. The highest BCUT2D eigenvalue weighted by Crippen LogP contribution is 2.25. The summed E-state index contributed by atoms with van der Waals surface area (Å²) in [5.41, 5.74) is 7.82. The van der Waals surface area contributed by atoms with Gasteiger partial charge in [-0.15, -0.1) is 0 Å². The Labute approximate surface area is 96.4 Å². The molecular formula is C9H12IN3O. The molecule has 0 aromatic carbocycles. The van der Waals surface area contributed by atoms with Crippen molar-refractivity contribution in [1.29, 1.82) is 0 Å². The van der Waals surface area contributed by atoms with Crippen molar-refractivity contribution >= 4 is 28.3 Å². The number of pyridine rings is 1. The van der Waals surface area contributed by atoms with Crippen LogP contribution >= 0.6 is 22.6 Å². The molecule has 2 heterocycles. The van der Waals surface area contributed by atoms with Crippen molar-refractivity contribution in [1.82, 2.24) is 10.3 Å². The quantitative estimate of drug-likeness (QED) is 0.758. The van der Waals surface area contributed by atoms with Gasteiger partial charge in [-0.3, -0.25) is 4.98 Å². The van der Waals surface area contributed by atoms with Crippen LogP contribution in [-0.4, -0.2) is 24.7 Å². The lowest BCUT2D eigenvalue weighted by molar-refractivity contribution is 0.0770. The zero-order valence-electron chi connectivity index (χ0n) is 7.66. The zero-order chi connectivity index (χ0) is 9.97. The van der Waals surface area contributed by atoms with Crippen LogP contribution in [0.25, 0.3) is 0 Å². The summed E-state index contributed by atoms with van der Waals surface area (Å²) in [6.45, 7) is 2.31. The van der Waals surface area contributed by atoms with E-state index in [-0.39, 0.29) is 6.04 Å². The molecule has 4 nitrogen and oxygen atoms in total. The molecule has 1 fully saturated rings. The molecule has 76 valence electrons. The molecule has 1 aromatic rings. The van der Waals surface area contributed by atoms with E-state index in [0.29, 0.717) is 6.61 Å². The minimum atomic E-state index is 0.186. The molecule has 1 atom stereocenters. The van der Waals surface area contributed by atoms with Gasteiger partial charge in [0, 0.05) is 24.5 Å². The van der Waals surface area contributed by atoms with Crippen molar-refractivity contribution in [2.45, 2.75) is 6.04 Å². The Balaban J connectivity index is 2.26. The van der Waals surface area contributed by atoms with E-state index in [0.717, 1.165) is 28.0 Å². The first-order valence-electron chi connectivity index (χ1n) is 4.49. The molecule has 0 aliphatic carbocycles. The van der Waals surface area contributed by atoms with Gasteiger partial charge in [0.2, 0.25) is 0 Å². The van der Waals surface area contributed by atoms with E-state index in [1.165, 1.54) is 0 Å². The lowest BCUT2D eigenvalue weighted by Crippen LogP contribution is -2.35. The number of morpholine rings is 1. The molecule has 1 aromatic heterocycles. The number of hydrogen-bond acceptors (Lipinski definition) is 4. The van der Waals surface area contributed by atoms with E-state index in [2.05, 4.69) is 32.9 Å². The third-order valence-corrected chi connectivity index (χ3v) is 3.13. The maximum atomic E-state index is 5.97. The summed E-state index contributed by atoms with van der Waals surface area (Å²) in [5, 5.41) is 3.36. The van der Waals surface area contributed by atoms with Crippen LogP contribution in [0, 0.1) is 3.57 Å². The average Bonchev–Trinajstić information content (AvgIpc) is 2.23. The Hall–Kier alpha value is -0.400. The molecule has 0 bridgehead atoms. The number of rotatable bonds is 1. The molecule has 1 aliphatic heterocycles. The van der Waals surface area contributed by atoms with Crippen LogP contribution in [-0.2, 0) is 4.74 Å². The number of hydrogen-bond donors (Lipinski definition) is 2. The van der Waals surface area contributed by atoms with Crippen LogP contribution in [0.3, 0.4) is 0 Å². The van der Waals surface area contributed by atoms with E-state index in [4.69, 9.17) is 10.5 Å². The maximum absolute atomic E-state index is 5.97. The predicted octanol–water partition coefficient (Wildman–Crippen LogP) is 0.929.